The first kappa shape index (κ1) is 19.7. The fourth-order valence-electron chi connectivity index (χ4n) is 3.59. The number of piperidine rings is 1. The maximum atomic E-state index is 12.9. The molecule has 1 aromatic heterocycles. The summed E-state index contributed by atoms with van der Waals surface area (Å²) in [5.41, 5.74) is 0. The molecular weight excluding hydrogens is 348 g/mol. The second-order valence-corrected chi connectivity index (χ2v) is 7.58. The zero-order valence-electron chi connectivity index (χ0n) is 14.0. The molecule has 3 rings (SSSR count). The van der Waals surface area contributed by atoms with Crippen LogP contribution in [0.3, 0.4) is 0 Å². The van der Waals surface area contributed by atoms with Gasteiger partial charge in [0.05, 0.1) is 25.4 Å². The van der Waals surface area contributed by atoms with Crippen LogP contribution in [0.1, 0.15) is 37.2 Å². The summed E-state index contributed by atoms with van der Waals surface area (Å²) in [6.07, 6.45) is 1.83. The number of thiophene rings is 1. The molecule has 2 unspecified atom stereocenters. The Morgan fingerprint density at radius 2 is 2.42 bits per heavy atom. The molecule has 2 aliphatic rings. The first-order chi connectivity index (χ1) is 11.1. The van der Waals surface area contributed by atoms with E-state index in [1.54, 1.807) is 11.3 Å². The molecular formula is C17H27ClN2O3S. The fraction of sp³-hybridized carbons (Fsp3) is 0.706. The molecule has 1 aromatic rings. The average Bonchev–Trinajstić information content (AvgIpc) is 3.09. The number of aliphatic hydroxyl groups is 1. The largest absolute Gasteiger partial charge is 0.387 e. The molecule has 0 spiro atoms. The smallest absolute Gasteiger partial charge is 0.226 e. The lowest BCUT2D eigenvalue weighted by atomic mass is 9.91. The summed E-state index contributed by atoms with van der Waals surface area (Å²) in [7, 11) is 0. The van der Waals surface area contributed by atoms with E-state index in [9.17, 15) is 9.90 Å². The highest BCUT2D eigenvalue weighted by atomic mass is 35.5. The number of carbonyl (C=O) groups excluding carboxylic acids is 1. The summed E-state index contributed by atoms with van der Waals surface area (Å²) in [6.45, 7) is 4.80. The van der Waals surface area contributed by atoms with E-state index in [0.717, 1.165) is 24.3 Å². The first-order valence-corrected chi connectivity index (χ1v) is 9.36. The van der Waals surface area contributed by atoms with Crippen LogP contribution >= 0.6 is 23.7 Å². The summed E-state index contributed by atoms with van der Waals surface area (Å²) in [5.74, 6) is 0.343. The molecule has 4 atom stereocenters. The van der Waals surface area contributed by atoms with Gasteiger partial charge in [0, 0.05) is 29.8 Å². The Morgan fingerprint density at radius 1 is 1.58 bits per heavy atom. The summed E-state index contributed by atoms with van der Waals surface area (Å²) in [5, 5.41) is 15.8. The Bertz CT molecular complexity index is 514. The van der Waals surface area contributed by atoms with Gasteiger partial charge in [-0.1, -0.05) is 6.07 Å². The number of hydrogen-bond acceptors (Lipinski definition) is 5. The minimum Gasteiger partial charge on any atom is -0.387 e. The molecule has 2 saturated heterocycles. The van der Waals surface area contributed by atoms with Crippen molar-refractivity contribution in [1.82, 2.24) is 10.2 Å². The topological polar surface area (TPSA) is 61.8 Å². The van der Waals surface area contributed by atoms with Crippen LogP contribution in [-0.4, -0.2) is 54.3 Å². The van der Waals surface area contributed by atoms with Gasteiger partial charge in [0.1, 0.15) is 0 Å². The predicted octanol–water partition coefficient (Wildman–Crippen LogP) is 2.21. The Labute approximate surface area is 153 Å². The highest BCUT2D eigenvalue weighted by Crippen LogP contribution is 2.28. The third kappa shape index (κ3) is 4.70. The number of carbonyl (C=O) groups is 1. The van der Waals surface area contributed by atoms with Gasteiger partial charge in [0.25, 0.3) is 0 Å². The van der Waals surface area contributed by atoms with Crippen LogP contribution in [0.2, 0.25) is 0 Å². The lowest BCUT2D eigenvalue weighted by molar-refractivity contribution is -0.146. The van der Waals surface area contributed by atoms with Crippen LogP contribution < -0.4 is 5.32 Å². The van der Waals surface area contributed by atoms with Crippen molar-refractivity contribution in [3.05, 3.63) is 22.4 Å². The van der Waals surface area contributed by atoms with Crippen LogP contribution in [-0.2, 0) is 9.53 Å². The zero-order chi connectivity index (χ0) is 16.2. The molecule has 2 fully saturated rings. The van der Waals surface area contributed by atoms with Crippen LogP contribution in [0.15, 0.2) is 17.5 Å². The van der Waals surface area contributed by atoms with E-state index in [4.69, 9.17) is 4.74 Å². The average molecular weight is 375 g/mol. The second kappa shape index (κ2) is 9.15. The quantitative estimate of drug-likeness (QED) is 0.848. The van der Waals surface area contributed by atoms with Crippen LogP contribution in [0, 0.1) is 5.92 Å². The molecule has 1 amide bonds. The van der Waals surface area contributed by atoms with Gasteiger partial charge in [-0.05, 0) is 37.8 Å². The lowest BCUT2D eigenvalue weighted by Gasteiger charge is -2.40. The molecule has 0 bridgehead atoms. The summed E-state index contributed by atoms with van der Waals surface area (Å²) in [6, 6.07) is 4.26. The van der Waals surface area contributed by atoms with Crippen molar-refractivity contribution in [2.45, 2.75) is 44.4 Å². The molecule has 5 nitrogen and oxygen atoms in total. The third-order valence-electron chi connectivity index (χ3n) is 4.85. The van der Waals surface area contributed by atoms with Crippen molar-refractivity contribution in [3.63, 3.8) is 0 Å². The second-order valence-electron chi connectivity index (χ2n) is 6.60. The minimum atomic E-state index is -0.524. The van der Waals surface area contributed by atoms with Crippen molar-refractivity contribution in [3.8, 4) is 0 Å². The van der Waals surface area contributed by atoms with E-state index in [0.29, 0.717) is 32.2 Å². The van der Waals surface area contributed by atoms with Gasteiger partial charge in [-0.3, -0.25) is 4.79 Å². The molecule has 136 valence electrons. The van der Waals surface area contributed by atoms with Crippen molar-refractivity contribution in [2.75, 3.05) is 26.3 Å². The Morgan fingerprint density at radius 3 is 3.12 bits per heavy atom. The summed E-state index contributed by atoms with van der Waals surface area (Å²) >= 11 is 1.56. The molecule has 24 heavy (non-hydrogen) atoms. The van der Waals surface area contributed by atoms with Crippen molar-refractivity contribution >= 4 is 29.7 Å². The number of amides is 1. The van der Waals surface area contributed by atoms with Gasteiger partial charge >= 0.3 is 0 Å². The number of rotatable bonds is 4. The van der Waals surface area contributed by atoms with E-state index < -0.39 is 6.10 Å². The van der Waals surface area contributed by atoms with Gasteiger partial charge < -0.3 is 20.1 Å². The summed E-state index contributed by atoms with van der Waals surface area (Å²) < 4.78 is 5.58. The van der Waals surface area contributed by atoms with Gasteiger partial charge in [0.2, 0.25) is 5.91 Å². The maximum absolute atomic E-state index is 12.9. The van der Waals surface area contributed by atoms with E-state index in [2.05, 4.69) is 12.2 Å². The molecule has 0 radical (unpaired) electrons. The molecule has 2 aliphatic heterocycles. The number of halogens is 1. The molecule has 3 heterocycles. The van der Waals surface area contributed by atoms with Gasteiger partial charge in [-0.15, -0.1) is 23.7 Å². The van der Waals surface area contributed by atoms with Gasteiger partial charge in [-0.25, -0.2) is 0 Å². The SMILES string of the molecule is C[C@H]1C[C@@H](C(=O)N2CCOCC2CC(O)c2cccs2)CCN1.Cl. The number of morpholine rings is 1. The zero-order valence-corrected chi connectivity index (χ0v) is 15.7. The predicted molar refractivity (Wildman–Crippen MR) is 97.7 cm³/mol. The monoisotopic (exact) mass is 374 g/mol. The van der Waals surface area contributed by atoms with E-state index in [1.165, 1.54) is 0 Å². The van der Waals surface area contributed by atoms with Crippen molar-refractivity contribution < 1.29 is 14.6 Å². The van der Waals surface area contributed by atoms with Crippen LogP contribution in [0.25, 0.3) is 0 Å². The third-order valence-corrected chi connectivity index (χ3v) is 5.82. The van der Waals surface area contributed by atoms with Gasteiger partial charge in [-0.2, -0.15) is 0 Å². The maximum Gasteiger partial charge on any atom is 0.226 e. The van der Waals surface area contributed by atoms with E-state index in [1.807, 2.05) is 22.4 Å². The Hall–Kier alpha value is -0.660. The number of nitrogens with zero attached hydrogens (tertiary/aromatic N) is 1. The molecule has 2 N–H and O–H groups in total. The molecule has 0 aliphatic carbocycles. The normalized spacial score (nSPS) is 28.9. The van der Waals surface area contributed by atoms with Crippen LogP contribution in [0.4, 0.5) is 0 Å². The van der Waals surface area contributed by atoms with Crippen LogP contribution in [0.5, 0.6) is 0 Å². The number of nitrogens with one attached hydrogen (secondary N) is 1. The first-order valence-electron chi connectivity index (χ1n) is 8.48. The molecule has 7 heteroatoms. The Kier molecular flexibility index (Phi) is 7.50. The fourth-order valence-corrected chi connectivity index (χ4v) is 4.31. The number of ether oxygens (including phenoxy) is 1. The minimum absolute atomic E-state index is 0. The van der Waals surface area contributed by atoms with Crippen molar-refractivity contribution in [1.29, 1.82) is 0 Å². The lowest BCUT2D eigenvalue weighted by Crippen LogP contribution is -2.53. The summed E-state index contributed by atoms with van der Waals surface area (Å²) in [4.78, 5) is 15.9. The highest BCUT2D eigenvalue weighted by Gasteiger charge is 2.35. The standard InChI is InChI=1S/C17H26N2O3S.ClH/c1-12-9-13(4-5-18-12)17(21)19-6-7-22-11-14(19)10-15(20)16-3-2-8-23-16;/h2-3,8,12-15,18,20H,4-7,9-11H2,1H3;1H/t12-,13-,14?,15?;/m0./s1. The van der Waals surface area contributed by atoms with E-state index >= 15 is 0 Å². The van der Waals surface area contributed by atoms with Gasteiger partial charge in [0.15, 0.2) is 0 Å². The van der Waals surface area contributed by atoms with E-state index in [-0.39, 0.29) is 30.3 Å². The van der Waals surface area contributed by atoms with Crippen molar-refractivity contribution in [2.24, 2.45) is 5.92 Å². The Balaban J connectivity index is 0.00000208. The molecule has 0 aromatic carbocycles. The number of aliphatic hydroxyl groups excluding tert-OH is 1. The molecule has 0 saturated carbocycles. The highest BCUT2D eigenvalue weighted by molar-refractivity contribution is 7.10. The number of hydrogen-bond donors (Lipinski definition) is 2.